The minimum absolute atomic E-state index is 0.0714. The van der Waals surface area contributed by atoms with Gasteiger partial charge in [0.15, 0.2) is 5.78 Å². The Balaban J connectivity index is 2.19. The van der Waals surface area contributed by atoms with Crippen molar-refractivity contribution in [3.63, 3.8) is 0 Å². The van der Waals surface area contributed by atoms with Crippen LogP contribution in [0.25, 0.3) is 11.1 Å². The van der Waals surface area contributed by atoms with Gasteiger partial charge in [-0.25, -0.2) is 8.78 Å². The molecule has 0 amide bonds. The van der Waals surface area contributed by atoms with Crippen molar-refractivity contribution in [3.05, 3.63) is 59.7 Å². The Kier molecular flexibility index (Phi) is 4.99. The molecule has 0 aromatic heterocycles. The Bertz CT molecular complexity index is 711. The Hall–Kier alpha value is -2.56. The predicted octanol–water partition coefficient (Wildman–Crippen LogP) is 4.07. The van der Waals surface area contributed by atoms with E-state index in [-0.39, 0.29) is 30.6 Å². The molecular formula is C17H14F2O3. The third-order valence-corrected chi connectivity index (χ3v) is 3.22. The number of ketones is 1. The fourth-order valence-electron chi connectivity index (χ4n) is 2.13. The zero-order valence-corrected chi connectivity index (χ0v) is 11.7. The van der Waals surface area contributed by atoms with Crippen molar-refractivity contribution in [3.8, 4) is 11.1 Å². The Labute approximate surface area is 126 Å². The van der Waals surface area contributed by atoms with Gasteiger partial charge in [0.2, 0.25) is 0 Å². The zero-order chi connectivity index (χ0) is 16.1. The quantitative estimate of drug-likeness (QED) is 0.818. The number of carbonyl (C=O) groups is 2. The van der Waals surface area contributed by atoms with E-state index in [1.165, 1.54) is 12.1 Å². The van der Waals surface area contributed by atoms with Crippen LogP contribution < -0.4 is 0 Å². The number of hydrogen-bond donors (Lipinski definition) is 1. The number of aliphatic carboxylic acids is 1. The van der Waals surface area contributed by atoms with E-state index >= 15 is 0 Å². The Morgan fingerprint density at radius 2 is 1.77 bits per heavy atom. The van der Waals surface area contributed by atoms with Gasteiger partial charge in [0.1, 0.15) is 11.6 Å². The van der Waals surface area contributed by atoms with Gasteiger partial charge in [0, 0.05) is 30.0 Å². The maximum Gasteiger partial charge on any atom is 0.303 e. The van der Waals surface area contributed by atoms with Crippen molar-refractivity contribution in [2.24, 2.45) is 0 Å². The van der Waals surface area contributed by atoms with Gasteiger partial charge in [-0.2, -0.15) is 0 Å². The van der Waals surface area contributed by atoms with Crippen molar-refractivity contribution in [1.82, 2.24) is 0 Å². The fraction of sp³-hybridized carbons (Fsp3) is 0.176. The molecule has 3 nitrogen and oxygen atoms in total. The average Bonchev–Trinajstić information content (AvgIpc) is 2.47. The normalized spacial score (nSPS) is 10.5. The first-order valence-corrected chi connectivity index (χ1v) is 6.78. The van der Waals surface area contributed by atoms with Gasteiger partial charge in [0.25, 0.3) is 0 Å². The molecule has 0 aliphatic heterocycles. The van der Waals surface area contributed by atoms with Crippen LogP contribution in [0.5, 0.6) is 0 Å². The molecule has 2 aromatic rings. The van der Waals surface area contributed by atoms with Crippen LogP contribution in [-0.4, -0.2) is 16.9 Å². The maximum absolute atomic E-state index is 13.8. The first kappa shape index (κ1) is 15.8. The monoisotopic (exact) mass is 304 g/mol. The fourth-order valence-corrected chi connectivity index (χ4v) is 2.13. The summed E-state index contributed by atoms with van der Waals surface area (Å²) in [5.74, 6) is -2.52. The van der Waals surface area contributed by atoms with Gasteiger partial charge in [-0.1, -0.05) is 18.2 Å². The van der Waals surface area contributed by atoms with E-state index in [9.17, 15) is 18.4 Å². The molecule has 0 saturated heterocycles. The summed E-state index contributed by atoms with van der Waals surface area (Å²) < 4.78 is 26.7. The van der Waals surface area contributed by atoms with E-state index in [0.29, 0.717) is 11.1 Å². The second-order valence-electron chi connectivity index (χ2n) is 4.88. The lowest BCUT2D eigenvalue weighted by Gasteiger charge is -2.06. The number of halogens is 2. The van der Waals surface area contributed by atoms with Crippen LogP contribution in [0.4, 0.5) is 8.78 Å². The van der Waals surface area contributed by atoms with Crippen LogP contribution in [-0.2, 0) is 4.79 Å². The summed E-state index contributed by atoms with van der Waals surface area (Å²) in [6.07, 6.45) is 0.295. The summed E-state index contributed by atoms with van der Waals surface area (Å²) >= 11 is 0. The summed E-state index contributed by atoms with van der Waals surface area (Å²) in [6, 6.07) is 9.62. The number of carboxylic acids is 1. The Morgan fingerprint density at radius 1 is 1.00 bits per heavy atom. The third kappa shape index (κ3) is 3.97. The van der Waals surface area contributed by atoms with Crippen LogP contribution in [0.15, 0.2) is 42.5 Å². The molecule has 2 aromatic carbocycles. The zero-order valence-electron chi connectivity index (χ0n) is 11.7. The van der Waals surface area contributed by atoms with Gasteiger partial charge in [-0.3, -0.25) is 9.59 Å². The highest BCUT2D eigenvalue weighted by Gasteiger charge is 2.11. The molecule has 0 atom stereocenters. The molecule has 0 bridgehead atoms. The van der Waals surface area contributed by atoms with Crippen LogP contribution >= 0.6 is 0 Å². The highest BCUT2D eigenvalue weighted by Crippen LogP contribution is 2.24. The number of carbonyl (C=O) groups excluding carboxylic acids is 1. The molecule has 0 radical (unpaired) electrons. The number of benzene rings is 2. The topological polar surface area (TPSA) is 54.4 Å². The van der Waals surface area contributed by atoms with E-state index in [1.54, 1.807) is 18.2 Å². The van der Waals surface area contributed by atoms with E-state index in [1.807, 2.05) is 0 Å². The number of carboxylic acid groups (broad SMARTS) is 1. The molecule has 0 fully saturated rings. The van der Waals surface area contributed by atoms with Crippen LogP contribution in [0.1, 0.15) is 29.6 Å². The molecule has 0 spiro atoms. The first-order valence-electron chi connectivity index (χ1n) is 6.78. The molecule has 0 unspecified atom stereocenters. The smallest absolute Gasteiger partial charge is 0.303 e. The lowest BCUT2D eigenvalue weighted by atomic mass is 9.99. The van der Waals surface area contributed by atoms with Crippen molar-refractivity contribution in [2.75, 3.05) is 0 Å². The number of hydrogen-bond acceptors (Lipinski definition) is 2. The summed E-state index contributed by atoms with van der Waals surface area (Å²) in [7, 11) is 0. The summed E-state index contributed by atoms with van der Waals surface area (Å²) in [5, 5.41) is 8.56. The number of rotatable bonds is 6. The molecule has 0 heterocycles. The van der Waals surface area contributed by atoms with Crippen molar-refractivity contribution in [1.29, 1.82) is 0 Å². The van der Waals surface area contributed by atoms with Gasteiger partial charge in [-0.15, -0.1) is 0 Å². The van der Waals surface area contributed by atoms with Crippen molar-refractivity contribution < 1.29 is 23.5 Å². The highest BCUT2D eigenvalue weighted by molar-refractivity contribution is 5.97. The average molecular weight is 304 g/mol. The molecule has 1 N–H and O–H groups in total. The molecule has 22 heavy (non-hydrogen) atoms. The first-order chi connectivity index (χ1) is 10.5. The molecule has 0 aliphatic rings. The Morgan fingerprint density at radius 3 is 2.45 bits per heavy atom. The van der Waals surface area contributed by atoms with Gasteiger partial charge >= 0.3 is 5.97 Å². The summed E-state index contributed by atoms with van der Waals surface area (Å²) in [5.41, 5.74) is 1.06. The minimum atomic E-state index is -0.949. The lowest BCUT2D eigenvalue weighted by molar-refractivity contribution is -0.137. The SMILES string of the molecule is O=C(O)CCCC(=O)c1cccc(-c2ccc(F)cc2F)c1. The van der Waals surface area contributed by atoms with Crippen LogP contribution in [0, 0.1) is 11.6 Å². The number of Topliss-reactive ketones (excluding diaryl/α,β-unsaturated/α-hetero) is 1. The second-order valence-corrected chi connectivity index (χ2v) is 4.88. The van der Waals surface area contributed by atoms with E-state index in [2.05, 4.69) is 0 Å². The molecule has 114 valence electrons. The van der Waals surface area contributed by atoms with Crippen molar-refractivity contribution in [2.45, 2.75) is 19.3 Å². The lowest BCUT2D eigenvalue weighted by Crippen LogP contribution is -2.02. The molecule has 0 saturated carbocycles. The van der Waals surface area contributed by atoms with Gasteiger partial charge < -0.3 is 5.11 Å². The molecule has 5 heteroatoms. The predicted molar refractivity (Wildman–Crippen MR) is 77.6 cm³/mol. The molecular weight excluding hydrogens is 290 g/mol. The largest absolute Gasteiger partial charge is 0.481 e. The van der Waals surface area contributed by atoms with Gasteiger partial charge in [0.05, 0.1) is 0 Å². The van der Waals surface area contributed by atoms with Crippen molar-refractivity contribution >= 4 is 11.8 Å². The second kappa shape index (κ2) is 6.93. The summed E-state index contributed by atoms with van der Waals surface area (Å²) in [6.45, 7) is 0. The third-order valence-electron chi connectivity index (χ3n) is 3.22. The van der Waals surface area contributed by atoms with Crippen LogP contribution in [0.2, 0.25) is 0 Å². The summed E-state index contributed by atoms with van der Waals surface area (Å²) in [4.78, 5) is 22.4. The highest BCUT2D eigenvalue weighted by atomic mass is 19.1. The van der Waals surface area contributed by atoms with E-state index in [0.717, 1.165) is 12.1 Å². The van der Waals surface area contributed by atoms with E-state index in [4.69, 9.17) is 5.11 Å². The molecule has 2 rings (SSSR count). The maximum atomic E-state index is 13.8. The minimum Gasteiger partial charge on any atom is -0.481 e. The van der Waals surface area contributed by atoms with Crippen LogP contribution in [0.3, 0.4) is 0 Å². The molecule has 0 aliphatic carbocycles. The van der Waals surface area contributed by atoms with E-state index < -0.39 is 17.6 Å². The standard InChI is InChI=1S/C17H14F2O3/c18-13-7-8-14(15(19)10-13)11-3-1-4-12(9-11)16(20)5-2-6-17(21)22/h1,3-4,7-10H,2,5-6H2,(H,21,22). The van der Waals surface area contributed by atoms with Gasteiger partial charge in [-0.05, 0) is 30.2 Å².